The molecule has 0 spiro atoms. The minimum atomic E-state index is -1.13. The predicted molar refractivity (Wildman–Crippen MR) is 74.6 cm³/mol. The van der Waals surface area contributed by atoms with Crippen LogP contribution in [0.25, 0.3) is 0 Å². The molecule has 0 saturated heterocycles. The molecule has 0 nitrogen and oxygen atoms in total. The summed E-state index contributed by atoms with van der Waals surface area (Å²) in [4.78, 5) is 3.13. The lowest BCUT2D eigenvalue weighted by molar-refractivity contribution is 0.714. The lowest BCUT2D eigenvalue weighted by atomic mass is 10.2. The van der Waals surface area contributed by atoms with Gasteiger partial charge in [-0.05, 0) is 29.6 Å². The van der Waals surface area contributed by atoms with Crippen molar-refractivity contribution in [1.82, 2.24) is 0 Å². The monoisotopic (exact) mass is 240 g/mol. The second-order valence-electron chi connectivity index (χ2n) is 6.03. The Hall–Kier alpha value is -0.0831. The Kier molecular flexibility index (Phi) is 3.83. The van der Waals surface area contributed by atoms with Crippen LogP contribution in [0.5, 0.6) is 0 Å². The summed E-state index contributed by atoms with van der Waals surface area (Å²) < 4.78 is 0. The van der Waals surface area contributed by atoms with Crippen molar-refractivity contribution in [1.29, 1.82) is 0 Å². The summed E-state index contributed by atoms with van der Waals surface area (Å²) in [7, 11) is -1.13. The molecule has 1 aromatic heterocycles. The second-order valence-corrected chi connectivity index (χ2v) is 12.9. The molecule has 0 unspecified atom stereocenters. The third-order valence-corrected chi connectivity index (χ3v) is 10.5. The van der Waals surface area contributed by atoms with Crippen LogP contribution in [0.2, 0.25) is 18.1 Å². The van der Waals surface area contributed by atoms with Gasteiger partial charge < -0.3 is 0 Å². The molecule has 0 aliphatic rings. The highest BCUT2D eigenvalue weighted by atomic mass is 32.1. The zero-order valence-corrected chi connectivity index (χ0v) is 12.8. The summed E-state index contributed by atoms with van der Waals surface area (Å²) in [6.45, 7) is 14.5. The molecule has 0 aliphatic heterocycles. The molecule has 0 radical (unpaired) electrons. The van der Waals surface area contributed by atoms with Crippen LogP contribution in [0.15, 0.2) is 12.1 Å². The maximum atomic E-state index is 2.51. The Labute approximate surface area is 99.7 Å². The molecule has 15 heavy (non-hydrogen) atoms. The average molecular weight is 240 g/mol. The lowest BCUT2D eigenvalue weighted by Gasteiger charge is -2.36. The van der Waals surface area contributed by atoms with E-state index in [0.717, 1.165) is 0 Å². The van der Waals surface area contributed by atoms with E-state index in [1.165, 1.54) is 17.3 Å². The third kappa shape index (κ3) is 3.18. The van der Waals surface area contributed by atoms with Gasteiger partial charge in [-0.1, -0.05) is 40.8 Å². The zero-order valence-electron chi connectivity index (χ0n) is 11.0. The van der Waals surface area contributed by atoms with Crippen molar-refractivity contribution in [2.45, 2.75) is 58.3 Å². The van der Waals surface area contributed by atoms with Crippen molar-refractivity contribution in [3.05, 3.63) is 21.9 Å². The van der Waals surface area contributed by atoms with Crippen LogP contribution in [0.1, 0.15) is 37.4 Å². The van der Waals surface area contributed by atoms with Crippen LogP contribution in [-0.4, -0.2) is 8.07 Å². The standard InChI is InChI=1S/C13H24SSi/c1-7-11-8-9-12(14-11)10-15(5,6)13(2,3)4/h8-9H,7,10H2,1-6H3. The quantitative estimate of drug-likeness (QED) is 0.659. The molecule has 86 valence electrons. The number of thiophene rings is 1. The van der Waals surface area contributed by atoms with Crippen LogP contribution in [0, 0.1) is 0 Å². The van der Waals surface area contributed by atoms with Gasteiger partial charge in [-0.25, -0.2) is 0 Å². The van der Waals surface area contributed by atoms with Gasteiger partial charge in [-0.15, -0.1) is 11.3 Å². The summed E-state index contributed by atoms with van der Waals surface area (Å²) in [6.07, 6.45) is 1.18. The highest BCUT2D eigenvalue weighted by Crippen LogP contribution is 2.38. The van der Waals surface area contributed by atoms with Gasteiger partial charge in [0, 0.05) is 9.75 Å². The maximum absolute atomic E-state index is 2.51. The van der Waals surface area contributed by atoms with Crippen LogP contribution < -0.4 is 0 Å². The van der Waals surface area contributed by atoms with E-state index in [9.17, 15) is 0 Å². The van der Waals surface area contributed by atoms with Gasteiger partial charge in [0.2, 0.25) is 0 Å². The Morgan fingerprint density at radius 1 is 1.13 bits per heavy atom. The van der Waals surface area contributed by atoms with Crippen molar-refractivity contribution >= 4 is 19.4 Å². The van der Waals surface area contributed by atoms with Gasteiger partial charge in [0.25, 0.3) is 0 Å². The second kappa shape index (κ2) is 4.42. The third-order valence-electron chi connectivity index (χ3n) is 3.71. The van der Waals surface area contributed by atoms with Crippen molar-refractivity contribution in [2.75, 3.05) is 0 Å². The smallest absolute Gasteiger partial charge is 0.0580 e. The van der Waals surface area contributed by atoms with Gasteiger partial charge >= 0.3 is 0 Å². The number of hydrogen-bond acceptors (Lipinski definition) is 1. The van der Waals surface area contributed by atoms with Crippen LogP contribution in [0.4, 0.5) is 0 Å². The topological polar surface area (TPSA) is 0 Å². The number of aryl methyl sites for hydroxylation is 1. The van der Waals surface area contributed by atoms with Crippen molar-refractivity contribution in [3.63, 3.8) is 0 Å². The van der Waals surface area contributed by atoms with Crippen molar-refractivity contribution < 1.29 is 0 Å². The van der Waals surface area contributed by atoms with Crippen molar-refractivity contribution in [2.24, 2.45) is 0 Å². The molecule has 0 aliphatic carbocycles. The molecular formula is C13H24SSi. The molecule has 0 fully saturated rings. The number of rotatable bonds is 3. The minimum absolute atomic E-state index is 0.503. The van der Waals surface area contributed by atoms with E-state index in [-0.39, 0.29) is 0 Å². The molecule has 1 rings (SSSR count). The Morgan fingerprint density at radius 3 is 2.07 bits per heavy atom. The van der Waals surface area contributed by atoms with E-state index in [1.807, 2.05) is 11.3 Å². The van der Waals surface area contributed by atoms with Crippen LogP contribution >= 0.6 is 11.3 Å². The van der Waals surface area contributed by atoms with E-state index < -0.39 is 8.07 Å². The summed E-state index contributed by atoms with van der Waals surface area (Å²) >= 11 is 2.01. The van der Waals surface area contributed by atoms with Gasteiger partial charge in [0.15, 0.2) is 0 Å². The maximum Gasteiger partial charge on any atom is 0.0580 e. The van der Waals surface area contributed by atoms with E-state index in [0.29, 0.717) is 5.04 Å². The highest BCUT2D eigenvalue weighted by molar-refractivity contribution is 7.12. The molecule has 1 heterocycles. The fourth-order valence-electron chi connectivity index (χ4n) is 1.41. The summed E-state index contributed by atoms with van der Waals surface area (Å²) in [5.41, 5.74) is 0. The molecule has 0 atom stereocenters. The first kappa shape index (κ1) is 13.0. The molecule has 0 bridgehead atoms. The fraction of sp³-hybridized carbons (Fsp3) is 0.692. The predicted octanol–water partition coefficient (Wildman–Crippen LogP) is 4.90. The van der Waals surface area contributed by atoms with Crippen LogP contribution in [0.3, 0.4) is 0 Å². The van der Waals surface area contributed by atoms with Gasteiger partial charge in [0.1, 0.15) is 0 Å². The Bertz CT molecular complexity index is 318. The highest BCUT2D eigenvalue weighted by Gasteiger charge is 2.35. The normalized spacial score (nSPS) is 13.2. The lowest BCUT2D eigenvalue weighted by Crippen LogP contribution is -2.39. The van der Waals surface area contributed by atoms with E-state index >= 15 is 0 Å². The van der Waals surface area contributed by atoms with E-state index in [4.69, 9.17) is 0 Å². The van der Waals surface area contributed by atoms with Gasteiger partial charge in [-0.3, -0.25) is 0 Å². The van der Waals surface area contributed by atoms with Crippen LogP contribution in [-0.2, 0) is 12.5 Å². The Morgan fingerprint density at radius 2 is 1.67 bits per heavy atom. The number of hydrogen-bond donors (Lipinski definition) is 0. The van der Waals surface area contributed by atoms with Crippen molar-refractivity contribution in [3.8, 4) is 0 Å². The molecule has 2 heteroatoms. The largest absolute Gasteiger partial charge is 0.146 e. The molecule has 0 N–H and O–H groups in total. The summed E-state index contributed by atoms with van der Waals surface area (Å²) in [5.74, 6) is 0. The molecule has 0 saturated carbocycles. The molecular weight excluding hydrogens is 216 g/mol. The minimum Gasteiger partial charge on any atom is -0.146 e. The fourth-order valence-corrected chi connectivity index (χ4v) is 5.05. The first-order valence-corrected chi connectivity index (χ1v) is 9.86. The first-order chi connectivity index (χ1) is 6.76. The SMILES string of the molecule is CCc1ccc(C[Si](C)(C)C(C)(C)C)s1. The summed E-state index contributed by atoms with van der Waals surface area (Å²) in [5, 5.41) is 0.503. The molecule has 1 aromatic rings. The molecule has 0 amide bonds. The zero-order chi connectivity index (χ0) is 11.7. The summed E-state index contributed by atoms with van der Waals surface area (Å²) in [6, 6.07) is 5.97. The average Bonchev–Trinajstić information content (AvgIpc) is 2.49. The Balaban J connectivity index is 2.77. The first-order valence-electron chi connectivity index (χ1n) is 5.84. The van der Waals surface area contributed by atoms with Gasteiger partial charge in [-0.2, -0.15) is 0 Å². The van der Waals surface area contributed by atoms with E-state index in [2.05, 4.69) is 52.9 Å². The van der Waals surface area contributed by atoms with E-state index in [1.54, 1.807) is 4.88 Å². The van der Waals surface area contributed by atoms with Gasteiger partial charge in [0.05, 0.1) is 8.07 Å². The molecule has 0 aromatic carbocycles.